The summed E-state index contributed by atoms with van der Waals surface area (Å²) in [5.41, 5.74) is 0.0726. The van der Waals surface area contributed by atoms with E-state index in [0.717, 1.165) is 32.4 Å². The summed E-state index contributed by atoms with van der Waals surface area (Å²) in [4.78, 5) is 12.0. The highest BCUT2D eigenvalue weighted by atomic mass is 16.1. The molecule has 1 aliphatic carbocycles. The summed E-state index contributed by atoms with van der Waals surface area (Å²) in [6, 6.07) is 2.07. The number of piperidine rings is 1. The number of hydrogen-bond acceptors (Lipinski definition) is 3. The van der Waals surface area contributed by atoms with Crippen molar-refractivity contribution in [3.8, 4) is 6.07 Å². The van der Waals surface area contributed by atoms with Crippen LogP contribution < -0.4 is 5.32 Å². The van der Waals surface area contributed by atoms with Gasteiger partial charge in [0, 0.05) is 5.41 Å². The number of ketones is 1. The minimum absolute atomic E-state index is 0.0131. The maximum atomic E-state index is 12.0. The maximum Gasteiger partial charge on any atom is 0.178 e. The third-order valence-electron chi connectivity index (χ3n) is 3.82. The fourth-order valence-corrected chi connectivity index (χ4v) is 3.08. The summed E-state index contributed by atoms with van der Waals surface area (Å²) in [6.07, 6.45) is 4.90. The van der Waals surface area contributed by atoms with Gasteiger partial charge in [-0.15, -0.1) is 0 Å². The van der Waals surface area contributed by atoms with Gasteiger partial charge < -0.3 is 5.32 Å². The van der Waals surface area contributed by atoms with Gasteiger partial charge in [0.2, 0.25) is 0 Å². The zero-order chi connectivity index (χ0) is 11.8. The van der Waals surface area contributed by atoms with Crippen molar-refractivity contribution in [1.29, 1.82) is 5.26 Å². The van der Waals surface area contributed by atoms with Crippen LogP contribution in [0.1, 0.15) is 33.1 Å². The van der Waals surface area contributed by atoms with Gasteiger partial charge in [-0.05, 0) is 37.8 Å². The van der Waals surface area contributed by atoms with Crippen molar-refractivity contribution in [3.05, 3.63) is 11.6 Å². The first-order valence-electron chi connectivity index (χ1n) is 5.88. The normalized spacial score (nSPS) is 27.3. The highest BCUT2D eigenvalue weighted by molar-refractivity contribution is 6.03. The average molecular weight is 218 g/mol. The molecule has 86 valence electrons. The van der Waals surface area contributed by atoms with Crippen LogP contribution in [-0.2, 0) is 4.79 Å². The Balaban J connectivity index is 2.39. The molecule has 0 aromatic rings. The molecule has 2 aliphatic rings. The van der Waals surface area contributed by atoms with E-state index in [4.69, 9.17) is 5.26 Å². The largest absolute Gasteiger partial charge is 0.317 e. The minimum Gasteiger partial charge on any atom is -0.317 e. The van der Waals surface area contributed by atoms with E-state index in [1.807, 2.05) is 19.9 Å². The summed E-state index contributed by atoms with van der Waals surface area (Å²) < 4.78 is 0. The lowest BCUT2D eigenvalue weighted by Gasteiger charge is -2.43. The second-order valence-electron chi connectivity index (χ2n) is 5.67. The van der Waals surface area contributed by atoms with Gasteiger partial charge in [-0.3, -0.25) is 4.79 Å². The number of rotatable bonds is 0. The molecule has 2 rings (SSSR count). The molecule has 3 nitrogen and oxygen atoms in total. The van der Waals surface area contributed by atoms with Crippen LogP contribution in [0.25, 0.3) is 0 Å². The smallest absolute Gasteiger partial charge is 0.178 e. The fourth-order valence-electron chi connectivity index (χ4n) is 3.08. The van der Waals surface area contributed by atoms with E-state index in [2.05, 4.69) is 11.4 Å². The van der Waals surface area contributed by atoms with Crippen LogP contribution in [0.5, 0.6) is 0 Å². The first-order valence-corrected chi connectivity index (χ1v) is 5.88. The molecule has 0 aromatic carbocycles. The highest BCUT2D eigenvalue weighted by Crippen LogP contribution is 2.47. The third kappa shape index (κ3) is 1.78. The van der Waals surface area contributed by atoms with Crippen molar-refractivity contribution in [2.24, 2.45) is 10.8 Å². The van der Waals surface area contributed by atoms with Crippen LogP contribution in [0.2, 0.25) is 0 Å². The van der Waals surface area contributed by atoms with Gasteiger partial charge >= 0.3 is 0 Å². The van der Waals surface area contributed by atoms with E-state index in [0.29, 0.717) is 5.57 Å². The van der Waals surface area contributed by atoms with Gasteiger partial charge in [-0.1, -0.05) is 19.9 Å². The lowest BCUT2D eigenvalue weighted by Crippen LogP contribution is -2.44. The number of carbonyl (C=O) groups excluding carboxylic acids is 1. The molecule has 1 fully saturated rings. The van der Waals surface area contributed by atoms with Crippen molar-refractivity contribution in [3.63, 3.8) is 0 Å². The van der Waals surface area contributed by atoms with Crippen molar-refractivity contribution in [2.45, 2.75) is 33.1 Å². The van der Waals surface area contributed by atoms with Gasteiger partial charge in [0.25, 0.3) is 0 Å². The molecule has 0 saturated carbocycles. The Hall–Kier alpha value is -1.14. The molecule has 1 heterocycles. The lowest BCUT2D eigenvalue weighted by molar-refractivity contribution is -0.125. The van der Waals surface area contributed by atoms with Gasteiger partial charge in [-0.25, -0.2) is 0 Å². The highest BCUT2D eigenvalue weighted by Gasteiger charge is 2.45. The average Bonchev–Trinajstić information content (AvgIpc) is 2.24. The third-order valence-corrected chi connectivity index (χ3v) is 3.82. The second-order valence-corrected chi connectivity index (χ2v) is 5.67. The van der Waals surface area contributed by atoms with E-state index in [-0.39, 0.29) is 16.6 Å². The molecule has 0 atom stereocenters. The summed E-state index contributed by atoms with van der Waals surface area (Å²) in [7, 11) is 0. The number of nitrogens with zero attached hydrogens (tertiary/aromatic N) is 1. The quantitative estimate of drug-likeness (QED) is 0.674. The van der Waals surface area contributed by atoms with Gasteiger partial charge in [0.15, 0.2) is 5.78 Å². The van der Waals surface area contributed by atoms with Gasteiger partial charge in [-0.2, -0.15) is 5.26 Å². The number of nitriles is 1. The summed E-state index contributed by atoms with van der Waals surface area (Å²) in [5.74, 6) is 0.0131. The van der Waals surface area contributed by atoms with Crippen LogP contribution in [-0.4, -0.2) is 18.9 Å². The lowest BCUT2D eigenvalue weighted by atomic mass is 9.61. The fraction of sp³-hybridized carbons (Fsp3) is 0.692. The van der Waals surface area contributed by atoms with Gasteiger partial charge in [0.1, 0.15) is 6.07 Å². The number of hydrogen-bond donors (Lipinski definition) is 1. The predicted molar refractivity (Wildman–Crippen MR) is 61.6 cm³/mol. The van der Waals surface area contributed by atoms with Crippen LogP contribution >= 0.6 is 0 Å². The zero-order valence-electron chi connectivity index (χ0n) is 9.97. The standard InChI is InChI=1S/C13H18N2O/c1-12(2)9-13(3-5-15-6-4-13)7-10(8-14)11(12)16/h7,15H,3-6,9H2,1-2H3. The molecular formula is C13H18N2O. The first kappa shape index (κ1) is 11.3. The van der Waals surface area contributed by atoms with E-state index >= 15 is 0 Å². The van der Waals surface area contributed by atoms with Crippen molar-refractivity contribution in [2.75, 3.05) is 13.1 Å². The molecule has 1 saturated heterocycles. The summed E-state index contributed by atoms with van der Waals surface area (Å²) in [5, 5.41) is 12.4. The number of nitrogens with one attached hydrogen (secondary N) is 1. The SMILES string of the molecule is CC1(C)CC2(C=C(C#N)C1=O)CCNCC2. The molecule has 0 radical (unpaired) electrons. The van der Waals surface area contributed by atoms with Crippen LogP contribution in [0.3, 0.4) is 0 Å². The Kier molecular flexibility index (Phi) is 2.63. The number of allylic oxidation sites excluding steroid dienone is 2. The molecule has 0 unspecified atom stereocenters. The molecule has 1 N–H and O–H groups in total. The number of Topliss-reactive ketones (excluding diaryl/α,β-unsaturated/α-hetero) is 1. The Morgan fingerprint density at radius 2 is 2.00 bits per heavy atom. The molecular weight excluding hydrogens is 200 g/mol. The van der Waals surface area contributed by atoms with Crippen LogP contribution in [0.4, 0.5) is 0 Å². The van der Waals surface area contributed by atoms with E-state index in [1.54, 1.807) is 0 Å². The Bertz CT molecular complexity index is 381. The Labute approximate surface area is 96.5 Å². The minimum atomic E-state index is -0.378. The summed E-state index contributed by atoms with van der Waals surface area (Å²) >= 11 is 0. The van der Waals surface area contributed by atoms with E-state index in [1.165, 1.54) is 0 Å². The maximum absolute atomic E-state index is 12.0. The molecule has 1 spiro atoms. The van der Waals surface area contributed by atoms with Gasteiger partial charge in [0.05, 0.1) is 5.57 Å². The first-order chi connectivity index (χ1) is 7.49. The molecule has 3 heteroatoms. The Morgan fingerprint density at radius 3 is 2.56 bits per heavy atom. The predicted octanol–water partition coefficient (Wildman–Crippen LogP) is 1.81. The zero-order valence-corrected chi connectivity index (χ0v) is 9.97. The molecule has 0 amide bonds. The Morgan fingerprint density at radius 1 is 1.38 bits per heavy atom. The molecule has 16 heavy (non-hydrogen) atoms. The van der Waals surface area contributed by atoms with Crippen LogP contribution in [0.15, 0.2) is 11.6 Å². The van der Waals surface area contributed by atoms with E-state index < -0.39 is 0 Å². The van der Waals surface area contributed by atoms with Crippen molar-refractivity contribution < 1.29 is 4.79 Å². The molecule has 0 aromatic heterocycles. The van der Waals surface area contributed by atoms with Crippen LogP contribution in [0, 0.1) is 22.2 Å². The number of carbonyl (C=O) groups is 1. The molecule has 0 bridgehead atoms. The van der Waals surface area contributed by atoms with Crippen molar-refractivity contribution >= 4 is 5.78 Å². The second kappa shape index (κ2) is 3.71. The van der Waals surface area contributed by atoms with E-state index in [9.17, 15) is 4.79 Å². The topological polar surface area (TPSA) is 52.9 Å². The monoisotopic (exact) mass is 218 g/mol. The molecule has 1 aliphatic heterocycles. The van der Waals surface area contributed by atoms with Crippen molar-refractivity contribution in [1.82, 2.24) is 5.32 Å². The summed E-state index contributed by atoms with van der Waals surface area (Å²) in [6.45, 7) is 5.89.